The molecular weight excluding hydrogens is 354 g/mol. The van der Waals surface area contributed by atoms with Crippen LogP contribution in [0.25, 0.3) is 0 Å². The van der Waals surface area contributed by atoms with Gasteiger partial charge in [0.15, 0.2) is 0 Å². The maximum Gasteiger partial charge on any atom is 0.238 e. The number of carbonyl (C=O) groups is 1. The molecular formula is C19H20ClN3OS. The van der Waals surface area contributed by atoms with Gasteiger partial charge in [-0.25, -0.2) is 0 Å². The lowest BCUT2D eigenvalue weighted by molar-refractivity contribution is -0.115. The lowest BCUT2D eigenvalue weighted by Gasteiger charge is -2.15. The van der Waals surface area contributed by atoms with Gasteiger partial charge < -0.3 is 10.6 Å². The molecule has 2 N–H and O–H groups in total. The monoisotopic (exact) mass is 373 g/mol. The number of aryl methyl sites for hydroxylation is 1. The number of fused-ring (bicyclic) bond motifs is 1. The van der Waals surface area contributed by atoms with Gasteiger partial charge in [0.2, 0.25) is 5.91 Å². The van der Waals surface area contributed by atoms with E-state index >= 15 is 0 Å². The van der Waals surface area contributed by atoms with Gasteiger partial charge >= 0.3 is 0 Å². The van der Waals surface area contributed by atoms with Crippen LogP contribution in [0.1, 0.15) is 47.4 Å². The summed E-state index contributed by atoms with van der Waals surface area (Å²) in [6.45, 7) is 2.14. The van der Waals surface area contributed by atoms with Crippen LogP contribution in [-0.2, 0) is 17.6 Å². The first-order valence-corrected chi connectivity index (χ1v) is 9.62. The molecule has 130 valence electrons. The maximum absolute atomic E-state index is 12.3. The van der Waals surface area contributed by atoms with E-state index in [2.05, 4.69) is 16.7 Å². The Morgan fingerprint density at radius 3 is 2.88 bits per heavy atom. The highest BCUT2D eigenvalue weighted by Gasteiger charge is 2.21. The number of amides is 1. The lowest BCUT2D eigenvalue weighted by Crippen LogP contribution is -2.30. The van der Waals surface area contributed by atoms with Crippen molar-refractivity contribution in [3.63, 3.8) is 0 Å². The summed E-state index contributed by atoms with van der Waals surface area (Å²) in [5.41, 5.74) is 2.74. The maximum atomic E-state index is 12.3. The van der Waals surface area contributed by atoms with Crippen molar-refractivity contribution in [3.05, 3.63) is 50.9 Å². The first-order chi connectivity index (χ1) is 12.1. The zero-order valence-electron chi connectivity index (χ0n) is 14.1. The quantitative estimate of drug-likeness (QED) is 0.814. The molecule has 4 nitrogen and oxygen atoms in total. The van der Waals surface area contributed by atoms with E-state index in [0.717, 1.165) is 36.8 Å². The average Bonchev–Trinajstić information content (AvgIpc) is 2.97. The molecule has 1 amide bonds. The molecule has 0 fully saturated rings. The van der Waals surface area contributed by atoms with Gasteiger partial charge in [0.05, 0.1) is 12.1 Å². The molecule has 0 unspecified atom stereocenters. The molecule has 25 heavy (non-hydrogen) atoms. The average molecular weight is 374 g/mol. The van der Waals surface area contributed by atoms with Crippen LogP contribution < -0.4 is 10.6 Å². The molecule has 1 heterocycles. The molecule has 1 atom stereocenters. The van der Waals surface area contributed by atoms with Gasteiger partial charge in [0.25, 0.3) is 0 Å². The van der Waals surface area contributed by atoms with E-state index in [0.29, 0.717) is 15.6 Å². The minimum absolute atomic E-state index is 0.0357. The summed E-state index contributed by atoms with van der Waals surface area (Å²) in [7, 11) is 0. The van der Waals surface area contributed by atoms with Gasteiger partial charge in [-0.05, 0) is 49.8 Å². The topological polar surface area (TPSA) is 64.9 Å². The smallest absolute Gasteiger partial charge is 0.238 e. The zero-order chi connectivity index (χ0) is 17.8. The number of nitrogens with one attached hydrogen (secondary N) is 2. The van der Waals surface area contributed by atoms with Crippen LogP contribution in [-0.4, -0.2) is 12.5 Å². The number of benzene rings is 1. The van der Waals surface area contributed by atoms with Crippen molar-refractivity contribution in [2.24, 2.45) is 0 Å². The third-order valence-electron chi connectivity index (χ3n) is 4.48. The Bertz CT molecular complexity index is 825. The van der Waals surface area contributed by atoms with Crippen LogP contribution >= 0.6 is 22.9 Å². The summed E-state index contributed by atoms with van der Waals surface area (Å²) in [5.74, 6) is -0.144. The second-order valence-corrected chi connectivity index (χ2v) is 7.71. The Morgan fingerprint density at radius 2 is 2.12 bits per heavy atom. The molecule has 2 aromatic rings. The Kier molecular flexibility index (Phi) is 5.74. The fraction of sp³-hybridized carbons (Fsp3) is 0.368. The van der Waals surface area contributed by atoms with Crippen LogP contribution in [0.3, 0.4) is 0 Å². The highest BCUT2D eigenvalue weighted by atomic mass is 35.5. The van der Waals surface area contributed by atoms with E-state index in [-0.39, 0.29) is 18.5 Å². The second kappa shape index (κ2) is 8.01. The van der Waals surface area contributed by atoms with Crippen LogP contribution in [0, 0.1) is 11.3 Å². The molecule has 0 saturated carbocycles. The van der Waals surface area contributed by atoms with E-state index in [4.69, 9.17) is 11.6 Å². The normalized spacial score (nSPS) is 14.4. The van der Waals surface area contributed by atoms with Gasteiger partial charge in [-0.15, -0.1) is 11.3 Å². The standard InChI is InChI=1S/C19H20ClN3OS/c1-12(13-6-2-4-8-16(13)20)22-11-18(24)23-19-15(10-21)14-7-3-5-9-17(14)25-19/h2,4,6,8,12,22H,3,5,7,9,11H2,1H3,(H,23,24)/t12-/m1/s1. The van der Waals surface area contributed by atoms with Crippen molar-refractivity contribution in [2.75, 3.05) is 11.9 Å². The minimum atomic E-state index is -0.144. The SMILES string of the molecule is C[C@@H](NCC(=O)Nc1sc2c(c1C#N)CCCC2)c1ccccc1Cl. The molecule has 1 aromatic carbocycles. The van der Waals surface area contributed by atoms with Gasteiger partial charge in [-0.1, -0.05) is 29.8 Å². The molecule has 1 aliphatic carbocycles. The Balaban J connectivity index is 1.63. The number of hydrogen-bond donors (Lipinski definition) is 2. The molecule has 0 aliphatic heterocycles. The number of anilines is 1. The van der Waals surface area contributed by atoms with Crippen molar-refractivity contribution < 1.29 is 4.79 Å². The Labute approximate surface area is 156 Å². The van der Waals surface area contributed by atoms with E-state index in [9.17, 15) is 10.1 Å². The number of nitrogens with zero attached hydrogens (tertiary/aromatic N) is 1. The third kappa shape index (κ3) is 4.04. The van der Waals surface area contributed by atoms with Crippen molar-refractivity contribution in [3.8, 4) is 6.07 Å². The number of thiophene rings is 1. The van der Waals surface area contributed by atoms with E-state index in [1.165, 1.54) is 4.88 Å². The van der Waals surface area contributed by atoms with Crippen molar-refractivity contribution in [2.45, 2.75) is 38.6 Å². The van der Waals surface area contributed by atoms with Gasteiger partial charge in [0.1, 0.15) is 11.1 Å². The summed E-state index contributed by atoms with van der Waals surface area (Å²) in [6, 6.07) is 9.82. The van der Waals surface area contributed by atoms with Gasteiger partial charge in [-0.3, -0.25) is 4.79 Å². The molecule has 0 saturated heterocycles. The fourth-order valence-electron chi connectivity index (χ4n) is 3.13. The number of nitriles is 1. The molecule has 0 bridgehead atoms. The van der Waals surface area contributed by atoms with E-state index in [1.807, 2.05) is 31.2 Å². The van der Waals surface area contributed by atoms with E-state index < -0.39 is 0 Å². The predicted octanol–water partition coefficient (Wildman–Crippen LogP) is 4.44. The summed E-state index contributed by atoms with van der Waals surface area (Å²) in [6.07, 6.45) is 4.21. The van der Waals surface area contributed by atoms with Crippen molar-refractivity contribution in [1.29, 1.82) is 5.26 Å². The van der Waals surface area contributed by atoms with Crippen molar-refractivity contribution in [1.82, 2.24) is 5.32 Å². The van der Waals surface area contributed by atoms with Crippen molar-refractivity contribution >= 4 is 33.8 Å². The van der Waals surface area contributed by atoms with Crippen LogP contribution in [0.15, 0.2) is 24.3 Å². The van der Waals surface area contributed by atoms with Crippen LogP contribution in [0.4, 0.5) is 5.00 Å². The first-order valence-electron chi connectivity index (χ1n) is 8.42. The molecule has 3 rings (SSSR count). The number of rotatable bonds is 5. The summed E-state index contributed by atoms with van der Waals surface area (Å²) in [5, 5.41) is 16.9. The summed E-state index contributed by atoms with van der Waals surface area (Å²) < 4.78 is 0. The largest absolute Gasteiger partial charge is 0.315 e. The number of carbonyl (C=O) groups excluding carboxylic acids is 1. The fourth-order valence-corrected chi connectivity index (χ4v) is 4.68. The Morgan fingerprint density at radius 1 is 1.36 bits per heavy atom. The second-order valence-electron chi connectivity index (χ2n) is 6.20. The van der Waals surface area contributed by atoms with Gasteiger partial charge in [-0.2, -0.15) is 5.26 Å². The molecule has 0 radical (unpaired) electrons. The highest BCUT2D eigenvalue weighted by Crippen LogP contribution is 2.37. The summed E-state index contributed by atoms with van der Waals surface area (Å²) >= 11 is 7.73. The molecule has 6 heteroatoms. The molecule has 0 spiro atoms. The molecule has 1 aromatic heterocycles. The number of hydrogen-bond acceptors (Lipinski definition) is 4. The highest BCUT2D eigenvalue weighted by molar-refractivity contribution is 7.16. The number of halogens is 1. The van der Waals surface area contributed by atoms with E-state index in [1.54, 1.807) is 11.3 Å². The predicted molar refractivity (Wildman–Crippen MR) is 102 cm³/mol. The third-order valence-corrected chi connectivity index (χ3v) is 6.03. The van der Waals surface area contributed by atoms with Crippen LogP contribution in [0.2, 0.25) is 5.02 Å². The lowest BCUT2D eigenvalue weighted by atomic mass is 9.96. The van der Waals surface area contributed by atoms with Gasteiger partial charge in [0, 0.05) is 15.9 Å². The van der Waals surface area contributed by atoms with Crippen LogP contribution in [0.5, 0.6) is 0 Å². The first kappa shape index (κ1) is 17.9. The molecule has 1 aliphatic rings. The summed E-state index contributed by atoms with van der Waals surface area (Å²) in [4.78, 5) is 13.6. The Hall–Kier alpha value is -1.87. The minimum Gasteiger partial charge on any atom is -0.315 e. The zero-order valence-corrected chi connectivity index (χ0v) is 15.6.